The molecule has 0 aromatic heterocycles. The van der Waals surface area contributed by atoms with E-state index in [1.807, 2.05) is 0 Å². The summed E-state index contributed by atoms with van der Waals surface area (Å²) in [5.41, 5.74) is -0.366. The van der Waals surface area contributed by atoms with Crippen LogP contribution in [0.5, 0.6) is 0 Å². The SMILES string of the molecule is CC1(C(=O)NCc2cc(Br)ccc2F)CC1(Cl)Cl. The van der Waals surface area contributed by atoms with Crippen LogP contribution in [0, 0.1) is 11.2 Å². The average Bonchev–Trinajstić information content (AvgIpc) is 2.80. The molecule has 0 spiro atoms. The van der Waals surface area contributed by atoms with Crippen molar-refractivity contribution in [2.24, 2.45) is 5.41 Å². The number of hydrogen-bond donors (Lipinski definition) is 1. The van der Waals surface area contributed by atoms with Gasteiger partial charge in [-0.25, -0.2) is 4.39 Å². The van der Waals surface area contributed by atoms with E-state index in [1.165, 1.54) is 6.07 Å². The molecular formula is C12H11BrCl2FNO. The van der Waals surface area contributed by atoms with Gasteiger partial charge in [0.1, 0.15) is 10.2 Å². The zero-order chi connectivity index (χ0) is 13.6. The third-order valence-electron chi connectivity index (χ3n) is 3.21. The highest BCUT2D eigenvalue weighted by molar-refractivity contribution is 9.10. The van der Waals surface area contributed by atoms with Gasteiger partial charge in [0.25, 0.3) is 0 Å². The molecule has 1 saturated carbocycles. The van der Waals surface area contributed by atoms with Crippen LogP contribution >= 0.6 is 39.1 Å². The topological polar surface area (TPSA) is 29.1 Å². The van der Waals surface area contributed by atoms with E-state index in [9.17, 15) is 9.18 Å². The summed E-state index contributed by atoms with van der Waals surface area (Å²) in [6.45, 7) is 1.81. The van der Waals surface area contributed by atoms with Gasteiger partial charge in [-0.2, -0.15) is 0 Å². The summed E-state index contributed by atoms with van der Waals surface area (Å²) in [4.78, 5) is 11.9. The molecule has 0 radical (unpaired) electrons. The number of alkyl halides is 2. The van der Waals surface area contributed by atoms with Crippen molar-refractivity contribution in [2.45, 2.75) is 24.2 Å². The molecule has 6 heteroatoms. The Hall–Kier alpha value is -0.320. The number of hydrogen-bond acceptors (Lipinski definition) is 1. The third kappa shape index (κ3) is 2.51. The van der Waals surface area contributed by atoms with Gasteiger partial charge >= 0.3 is 0 Å². The first kappa shape index (κ1) is 14.1. The second-order valence-electron chi connectivity index (χ2n) is 4.63. The molecular weight excluding hydrogens is 344 g/mol. The van der Waals surface area contributed by atoms with Crippen LogP contribution in [-0.2, 0) is 11.3 Å². The molecule has 2 nitrogen and oxygen atoms in total. The van der Waals surface area contributed by atoms with Crippen molar-refractivity contribution in [3.8, 4) is 0 Å². The van der Waals surface area contributed by atoms with E-state index in [4.69, 9.17) is 23.2 Å². The molecule has 1 aliphatic carbocycles. The maximum atomic E-state index is 13.5. The van der Waals surface area contributed by atoms with Gasteiger partial charge in [-0.05, 0) is 31.5 Å². The Morgan fingerprint density at radius 1 is 1.56 bits per heavy atom. The Kier molecular flexibility index (Phi) is 3.65. The summed E-state index contributed by atoms with van der Waals surface area (Å²) in [5, 5.41) is 2.66. The van der Waals surface area contributed by atoms with Gasteiger partial charge in [-0.3, -0.25) is 4.79 Å². The third-order valence-corrected chi connectivity index (χ3v) is 4.80. The predicted octanol–water partition coefficient (Wildman–Crippen LogP) is 3.79. The molecule has 0 saturated heterocycles. The Morgan fingerprint density at radius 3 is 2.72 bits per heavy atom. The number of rotatable bonds is 3. The smallest absolute Gasteiger partial charge is 0.229 e. The summed E-state index contributed by atoms with van der Waals surface area (Å²) in [7, 11) is 0. The van der Waals surface area contributed by atoms with E-state index in [1.54, 1.807) is 19.1 Å². The summed E-state index contributed by atoms with van der Waals surface area (Å²) in [6, 6.07) is 4.57. The predicted molar refractivity (Wildman–Crippen MR) is 73.1 cm³/mol. The largest absolute Gasteiger partial charge is 0.351 e. The molecule has 1 atom stereocenters. The molecule has 0 bridgehead atoms. The quantitative estimate of drug-likeness (QED) is 0.822. The van der Waals surface area contributed by atoms with Gasteiger partial charge in [0, 0.05) is 16.6 Å². The van der Waals surface area contributed by atoms with Gasteiger partial charge in [-0.1, -0.05) is 15.9 Å². The minimum atomic E-state index is -1.01. The number of carbonyl (C=O) groups excluding carboxylic acids is 1. The number of carbonyl (C=O) groups is 1. The maximum absolute atomic E-state index is 13.5. The molecule has 1 N–H and O–H groups in total. The molecule has 1 aliphatic rings. The van der Waals surface area contributed by atoms with Crippen LogP contribution in [0.15, 0.2) is 22.7 Å². The molecule has 98 valence electrons. The highest BCUT2D eigenvalue weighted by atomic mass is 79.9. The van der Waals surface area contributed by atoms with Gasteiger partial charge < -0.3 is 5.32 Å². The molecule has 1 fully saturated rings. The molecule has 1 aromatic rings. The number of nitrogens with one attached hydrogen (secondary N) is 1. The van der Waals surface area contributed by atoms with Crippen LogP contribution < -0.4 is 5.32 Å². The van der Waals surface area contributed by atoms with Crippen molar-refractivity contribution in [3.63, 3.8) is 0 Å². The van der Waals surface area contributed by atoms with Crippen LogP contribution in [0.4, 0.5) is 4.39 Å². The number of amides is 1. The molecule has 18 heavy (non-hydrogen) atoms. The number of halogens is 4. The Labute approximate surface area is 123 Å². The first-order chi connectivity index (χ1) is 8.26. The molecule has 1 aromatic carbocycles. The van der Waals surface area contributed by atoms with Crippen LogP contribution in [0.3, 0.4) is 0 Å². The summed E-state index contributed by atoms with van der Waals surface area (Å²) in [6.07, 6.45) is 0.413. The van der Waals surface area contributed by atoms with Gasteiger partial charge in [0.15, 0.2) is 0 Å². The lowest BCUT2D eigenvalue weighted by Crippen LogP contribution is -2.33. The summed E-state index contributed by atoms with van der Waals surface area (Å²) in [5.74, 6) is -0.616. The van der Waals surface area contributed by atoms with E-state index < -0.39 is 9.75 Å². The molecule has 0 aliphatic heterocycles. The average molecular weight is 355 g/mol. The molecule has 2 rings (SSSR count). The van der Waals surface area contributed by atoms with Crippen molar-refractivity contribution in [2.75, 3.05) is 0 Å². The Balaban J connectivity index is 2.01. The fourth-order valence-corrected chi connectivity index (χ4v) is 2.81. The second kappa shape index (κ2) is 4.66. The van der Waals surface area contributed by atoms with Gasteiger partial charge in [-0.15, -0.1) is 23.2 Å². The van der Waals surface area contributed by atoms with E-state index >= 15 is 0 Å². The molecule has 1 amide bonds. The lowest BCUT2D eigenvalue weighted by molar-refractivity contribution is -0.125. The Morgan fingerprint density at radius 2 is 2.17 bits per heavy atom. The van der Waals surface area contributed by atoms with E-state index in [-0.39, 0.29) is 18.3 Å². The van der Waals surface area contributed by atoms with Crippen molar-refractivity contribution in [3.05, 3.63) is 34.1 Å². The minimum absolute atomic E-state index is 0.115. The minimum Gasteiger partial charge on any atom is -0.351 e. The molecule has 1 unspecified atom stereocenters. The zero-order valence-corrected chi connectivity index (χ0v) is 12.7. The summed E-state index contributed by atoms with van der Waals surface area (Å²) >= 11 is 15.1. The van der Waals surface area contributed by atoms with Crippen LogP contribution in [0.25, 0.3) is 0 Å². The van der Waals surface area contributed by atoms with E-state index in [0.717, 1.165) is 4.47 Å². The van der Waals surface area contributed by atoms with Crippen molar-refractivity contribution in [1.29, 1.82) is 0 Å². The highest BCUT2D eigenvalue weighted by Gasteiger charge is 2.67. The summed E-state index contributed by atoms with van der Waals surface area (Å²) < 4.78 is 13.2. The zero-order valence-electron chi connectivity index (χ0n) is 9.57. The Bertz CT molecular complexity index is 509. The molecule has 0 heterocycles. The number of benzene rings is 1. The lowest BCUT2D eigenvalue weighted by Gasteiger charge is -2.13. The monoisotopic (exact) mass is 353 g/mol. The van der Waals surface area contributed by atoms with Crippen molar-refractivity contribution < 1.29 is 9.18 Å². The standard InChI is InChI=1S/C12H11BrCl2FNO/c1-11(6-12(11,14)15)10(18)17-5-7-4-8(13)2-3-9(7)16/h2-4H,5-6H2,1H3,(H,17,18). The fourth-order valence-electron chi connectivity index (χ4n) is 1.70. The van der Waals surface area contributed by atoms with Crippen LogP contribution in [0.2, 0.25) is 0 Å². The van der Waals surface area contributed by atoms with Crippen molar-refractivity contribution in [1.82, 2.24) is 5.32 Å². The van der Waals surface area contributed by atoms with Gasteiger partial charge in [0.2, 0.25) is 5.91 Å². The first-order valence-corrected chi connectivity index (χ1v) is 6.91. The normalized spacial score (nSPS) is 24.7. The highest BCUT2D eigenvalue weighted by Crippen LogP contribution is 2.63. The van der Waals surface area contributed by atoms with Gasteiger partial charge in [0.05, 0.1) is 5.41 Å². The van der Waals surface area contributed by atoms with E-state index in [2.05, 4.69) is 21.2 Å². The second-order valence-corrected chi connectivity index (χ2v) is 7.03. The van der Waals surface area contributed by atoms with Crippen molar-refractivity contribution >= 4 is 45.0 Å². The maximum Gasteiger partial charge on any atom is 0.229 e. The fraction of sp³-hybridized carbons (Fsp3) is 0.417. The van der Waals surface area contributed by atoms with E-state index in [0.29, 0.717) is 12.0 Å². The van der Waals surface area contributed by atoms with Crippen LogP contribution in [0.1, 0.15) is 18.9 Å². The first-order valence-electron chi connectivity index (χ1n) is 5.36. The lowest BCUT2D eigenvalue weighted by atomic mass is 10.1. The van der Waals surface area contributed by atoms with Crippen LogP contribution in [-0.4, -0.2) is 10.2 Å².